The van der Waals surface area contributed by atoms with E-state index >= 15 is 0 Å². The first-order valence-corrected chi connectivity index (χ1v) is 11.6. The summed E-state index contributed by atoms with van der Waals surface area (Å²) in [5.41, 5.74) is 0.679. The molecule has 1 N–H and O–H groups in total. The smallest absolute Gasteiger partial charge is 0.290 e. The molecule has 0 unspecified atom stereocenters. The highest BCUT2D eigenvalue weighted by Crippen LogP contribution is 2.44. The van der Waals surface area contributed by atoms with Crippen LogP contribution in [0.1, 0.15) is 41.5 Å². The average molecular weight is 459 g/mol. The quantitative estimate of drug-likeness (QED) is 0.511. The molecule has 1 atom stereocenters. The van der Waals surface area contributed by atoms with Crippen LogP contribution in [0.3, 0.4) is 0 Å². The molecule has 0 fully saturated rings. The molecule has 3 rings (SSSR count). The van der Waals surface area contributed by atoms with Gasteiger partial charge in [0.05, 0.1) is 30.7 Å². The number of carbonyl (C=O) groups is 2. The Hall–Kier alpha value is -2.84. The number of benzene rings is 1. The van der Waals surface area contributed by atoms with E-state index in [1.54, 1.807) is 47.7 Å². The molecule has 0 spiro atoms. The van der Waals surface area contributed by atoms with Gasteiger partial charge in [-0.25, -0.2) is 0 Å². The third kappa shape index (κ3) is 4.66. The zero-order chi connectivity index (χ0) is 23.3. The van der Waals surface area contributed by atoms with Crippen molar-refractivity contribution in [1.29, 1.82) is 0 Å². The Bertz CT molecular complexity index is 982. The van der Waals surface area contributed by atoms with Crippen molar-refractivity contribution in [3.05, 3.63) is 57.5 Å². The Morgan fingerprint density at radius 2 is 1.94 bits per heavy atom. The molecule has 8 heteroatoms. The average Bonchev–Trinajstić information content (AvgIpc) is 3.44. The number of hydrogen-bond acceptors (Lipinski definition) is 7. The maximum absolute atomic E-state index is 13.4. The van der Waals surface area contributed by atoms with E-state index in [2.05, 4.69) is 18.7 Å². The number of thiophene rings is 1. The van der Waals surface area contributed by atoms with Gasteiger partial charge in [-0.2, -0.15) is 0 Å². The molecule has 0 aliphatic carbocycles. The van der Waals surface area contributed by atoms with Gasteiger partial charge in [-0.05, 0) is 55.7 Å². The summed E-state index contributed by atoms with van der Waals surface area (Å²) in [5.74, 6) is -0.304. The first-order chi connectivity index (χ1) is 15.5. The lowest BCUT2D eigenvalue weighted by Crippen LogP contribution is -2.34. The van der Waals surface area contributed by atoms with Crippen LogP contribution in [0.15, 0.2) is 47.0 Å². The summed E-state index contributed by atoms with van der Waals surface area (Å²) < 4.78 is 10.9. The molecule has 0 radical (unpaired) electrons. The van der Waals surface area contributed by atoms with Gasteiger partial charge in [0.15, 0.2) is 5.76 Å². The Morgan fingerprint density at radius 3 is 2.53 bits per heavy atom. The fourth-order valence-electron chi connectivity index (χ4n) is 4.04. The number of aliphatic hydroxyl groups excluding tert-OH is 1. The van der Waals surface area contributed by atoms with Crippen molar-refractivity contribution in [3.8, 4) is 11.5 Å². The summed E-state index contributed by atoms with van der Waals surface area (Å²) in [6, 6.07) is 7.97. The Kier molecular flexibility index (Phi) is 7.93. The van der Waals surface area contributed by atoms with Crippen LogP contribution >= 0.6 is 11.3 Å². The number of nitrogens with zero attached hydrogens (tertiary/aromatic N) is 2. The van der Waals surface area contributed by atoms with Crippen molar-refractivity contribution in [2.75, 3.05) is 40.4 Å². The molecule has 2 heterocycles. The van der Waals surface area contributed by atoms with Crippen LogP contribution in [0.25, 0.3) is 0 Å². The second kappa shape index (κ2) is 10.7. The van der Waals surface area contributed by atoms with Crippen LogP contribution in [0.5, 0.6) is 11.5 Å². The summed E-state index contributed by atoms with van der Waals surface area (Å²) in [4.78, 5) is 30.8. The van der Waals surface area contributed by atoms with Gasteiger partial charge in [0.25, 0.3) is 5.91 Å². The molecule has 1 aromatic carbocycles. The molecule has 2 aromatic rings. The van der Waals surface area contributed by atoms with E-state index in [0.717, 1.165) is 19.6 Å². The van der Waals surface area contributed by atoms with Crippen molar-refractivity contribution in [3.63, 3.8) is 0 Å². The minimum absolute atomic E-state index is 0.0758. The lowest BCUT2D eigenvalue weighted by Gasteiger charge is -2.29. The van der Waals surface area contributed by atoms with Crippen LogP contribution in [0.2, 0.25) is 0 Å². The van der Waals surface area contributed by atoms with E-state index in [4.69, 9.17) is 9.47 Å². The fourth-order valence-corrected chi connectivity index (χ4v) is 4.72. The number of methoxy groups -OCH3 is 2. The number of aliphatic hydroxyl groups is 1. The summed E-state index contributed by atoms with van der Waals surface area (Å²) >= 11 is 1.28. The highest BCUT2D eigenvalue weighted by Gasteiger charge is 2.45. The van der Waals surface area contributed by atoms with E-state index in [1.807, 2.05) is 0 Å². The number of rotatable bonds is 11. The maximum Gasteiger partial charge on any atom is 0.290 e. The van der Waals surface area contributed by atoms with Gasteiger partial charge in [-0.3, -0.25) is 9.59 Å². The van der Waals surface area contributed by atoms with Crippen LogP contribution in [0.4, 0.5) is 0 Å². The lowest BCUT2D eigenvalue weighted by molar-refractivity contribution is -0.129. The lowest BCUT2D eigenvalue weighted by atomic mass is 9.94. The van der Waals surface area contributed by atoms with Crippen LogP contribution in [-0.2, 0) is 4.79 Å². The van der Waals surface area contributed by atoms with Crippen molar-refractivity contribution >= 4 is 23.0 Å². The molecule has 0 bridgehead atoms. The second-order valence-electron chi connectivity index (χ2n) is 7.46. The van der Waals surface area contributed by atoms with Gasteiger partial charge < -0.3 is 24.4 Å². The number of hydrogen-bond donors (Lipinski definition) is 1. The molecular formula is C24H30N2O5S. The molecule has 1 amide bonds. The molecule has 172 valence electrons. The zero-order valence-corrected chi connectivity index (χ0v) is 19.8. The Labute approximate surface area is 192 Å². The third-order valence-corrected chi connectivity index (χ3v) is 6.66. The topological polar surface area (TPSA) is 79.3 Å². The summed E-state index contributed by atoms with van der Waals surface area (Å²) in [5, 5.41) is 12.6. The fraction of sp³-hybridized carbons (Fsp3) is 0.417. The minimum atomic E-state index is -0.765. The number of Topliss-reactive ketones (excluding diaryl/α,β-unsaturated/α-hetero) is 1. The van der Waals surface area contributed by atoms with Crippen LogP contribution < -0.4 is 9.47 Å². The first kappa shape index (κ1) is 23.8. The highest BCUT2D eigenvalue weighted by atomic mass is 32.1. The zero-order valence-electron chi connectivity index (χ0n) is 19.0. The summed E-state index contributed by atoms with van der Waals surface area (Å²) in [6.45, 7) is 7.24. The Balaban J connectivity index is 2.04. The summed E-state index contributed by atoms with van der Waals surface area (Å²) in [7, 11) is 3.09. The van der Waals surface area contributed by atoms with Gasteiger partial charge >= 0.3 is 0 Å². The van der Waals surface area contributed by atoms with E-state index in [1.165, 1.54) is 18.4 Å². The Morgan fingerprint density at radius 1 is 1.19 bits per heavy atom. The minimum Gasteiger partial charge on any atom is -0.503 e. The third-order valence-electron chi connectivity index (χ3n) is 5.79. The molecule has 1 aliphatic heterocycles. The molecule has 0 saturated carbocycles. The van der Waals surface area contributed by atoms with Gasteiger partial charge in [0.1, 0.15) is 11.5 Å². The largest absolute Gasteiger partial charge is 0.503 e. The monoisotopic (exact) mass is 458 g/mol. The molecular weight excluding hydrogens is 428 g/mol. The van der Waals surface area contributed by atoms with E-state index in [0.29, 0.717) is 34.9 Å². The highest BCUT2D eigenvalue weighted by molar-refractivity contribution is 7.12. The second-order valence-corrected chi connectivity index (χ2v) is 8.41. The number of amides is 1. The van der Waals surface area contributed by atoms with Gasteiger partial charge in [0, 0.05) is 12.1 Å². The van der Waals surface area contributed by atoms with Gasteiger partial charge in [0.2, 0.25) is 5.78 Å². The van der Waals surface area contributed by atoms with Crippen molar-refractivity contribution < 1.29 is 24.2 Å². The summed E-state index contributed by atoms with van der Waals surface area (Å²) in [6.07, 6.45) is 0.712. The number of carbonyl (C=O) groups excluding carboxylic acids is 2. The standard InChI is InChI=1S/C24H30N2O5S/c1-5-25(6-2)12-8-13-26-21(17-15-16(30-3)10-11-18(17)31-4)20(23(28)24(26)29)22(27)19-9-7-14-32-19/h7,9-11,14-15,21,28H,5-6,8,12-13H2,1-4H3/t21-/m1/s1. The van der Waals surface area contributed by atoms with E-state index in [-0.39, 0.29) is 11.4 Å². The van der Waals surface area contributed by atoms with Gasteiger partial charge in [-0.15, -0.1) is 11.3 Å². The maximum atomic E-state index is 13.4. The van der Waals surface area contributed by atoms with Crippen molar-refractivity contribution in [2.45, 2.75) is 26.3 Å². The number of ketones is 1. The molecule has 0 saturated heterocycles. The normalized spacial score (nSPS) is 16.2. The number of ether oxygens (including phenoxy) is 2. The molecule has 1 aromatic heterocycles. The van der Waals surface area contributed by atoms with Gasteiger partial charge in [-0.1, -0.05) is 19.9 Å². The van der Waals surface area contributed by atoms with E-state index < -0.39 is 17.7 Å². The molecule has 32 heavy (non-hydrogen) atoms. The van der Waals surface area contributed by atoms with Crippen LogP contribution in [0, 0.1) is 0 Å². The van der Waals surface area contributed by atoms with E-state index in [9.17, 15) is 14.7 Å². The first-order valence-electron chi connectivity index (χ1n) is 10.7. The SMILES string of the molecule is CCN(CC)CCCN1C(=O)C(O)=C(C(=O)c2cccs2)[C@H]1c1cc(OC)ccc1OC. The van der Waals surface area contributed by atoms with Crippen molar-refractivity contribution in [2.24, 2.45) is 0 Å². The molecule has 7 nitrogen and oxygen atoms in total. The van der Waals surface area contributed by atoms with Crippen LogP contribution in [-0.4, -0.2) is 67.0 Å². The predicted octanol–water partition coefficient (Wildman–Crippen LogP) is 4.08. The predicted molar refractivity (Wildman–Crippen MR) is 125 cm³/mol. The molecule has 1 aliphatic rings. The van der Waals surface area contributed by atoms with Crippen molar-refractivity contribution in [1.82, 2.24) is 9.80 Å².